The van der Waals surface area contributed by atoms with Gasteiger partial charge in [-0.05, 0) is 31.2 Å². The molecule has 3 aliphatic rings. The van der Waals surface area contributed by atoms with Crippen LogP contribution in [0.15, 0.2) is 30.3 Å². The van der Waals surface area contributed by atoms with Crippen molar-refractivity contribution in [2.45, 2.75) is 51.5 Å². The molecule has 5 heteroatoms. The topological polar surface area (TPSA) is 48.1 Å². The maximum atomic E-state index is 4.74. The van der Waals surface area contributed by atoms with Crippen molar-refractivity contribution in [2.24, 2.45) is 11.3 Å². The van der Waals surface area contributed by atoms with Gasteiger partial charge in [0.05, 0.1) is 0 Å². The summed E-state index contributed by atoms with van der Waals surface area (Å²) in [5.41, 5.74) is 1.74. The SMILES string of the molecule is Cc1nc(C2CN(Cc3ccccc3)CC23CN(CC2CCCCC2)C3)n[nH]1. The first-order valence-electron chi connectivity index (χ1n) is 11.1. The number of nitrogens with zero attached hydrogens (tertiary/aromatic N) is 4. The summed E-state index contributed by atoms with van der Waals surface area (Å²) in [6.45, 7) is 9.02. The van der Waals surface area contributed by atoms with Crippen LogP contribution in [0.4, 0.5) is 0 Å². The van der Waals surface area contributed by atoms with Crippen LogP contribution in [-0.4, -0.2) is 57.7 Å². The van der Waals surface area contributed by atoms with Gasteiger partial charge in [-0.15, -0.1) is 0 Å². The fraction of sp³-hybridized carbons (Fsp3) is 0.652. The van der Waals surface area contributed by atoms with Crippen LogP contribution >= 0.6 is 0 Å². The first kappa shape index (κ1) is 18.3. The fourth-order valence-corrected chi connectivity index (χ4v) is 5.93. The number of hydrogen-bond acceptors (Lipinski definition) is 4. The molecule has 0 amide bonds. The second-order valence-corrected chi connectivity index (χ2v) is 9.52. The third-order valence-corrected chi connectivity index (χ3v) is 7.21. The standard InChI is InChI=1S/C23H33N5/c1-18-24-22(26-25-18)21-14-27(12-19-8-4-2-5-9-19)15-23(21)16-28(17-23)13-20-10-6-3-7-11-20/h2,4-5,8-9,20-21H,3,6-7,10-17H2,1H3,(H,24,25,26). The van der Waals surface area contributed by atoms with Gasteiger partial charge in [-0.2, -0.15) is 5.10 Å². The summed E-state index contributed by atoms with van der Waals surface area (Å²) in [5, 5.41) is 7.66. The largest absolute Gasteiger partial charge is 0.302 e. The van der Waals surface area contributed by atoms with Crippen molar-refractivity contribution < 1.29 is 0 Å². The summed E-state index contributed by atoms with van der Waals surface area (Å²) in [5.74, 6) is 3.34. The van der Waals surface area contributed by atoms with E-state index < -0.39 is 0 Å². The lowest BCUT2D eigenvalue weighted by molar-refractivity contribution is -0.0182. The van der Waals surface area contributed by atoms with Crippen molar-refractivity contribution in [1.82, 2.24) is 25.0 Å². The van der Waals surface area contributed by atoms with Crippen LogP contribution in [0.25, 0.3) is 0 Å². The number of aromatic nitrogens is 3. The molecule has 1 aromatic heterocycles. The van der Waals surface area contributed by atoms with Crippen LogP contribution in [0.1, 0.15) is 55.2 Å². The Balaban J connectivity index is 1.28. The van der Waals surface area contributed by atoms with Crippen molar-refractivity contribution in [3.8, 4) is 0 Å². The van der Waals surface area contributed by atoms with Gasteiger partial charge < -0.3 is 4.90 Å². The third kappa shape index (κ3) is 3.62. The molecule has 1 aliphatic carbocycles. The zero-order valence-corrected chi connectivity index (χ0v) is 17.1. The highest BCUT2D eigenvalue weighted by Gasteiger charge is 2.55. The van der Waals surface area contributed by atoms with Crippen LogP contribution in [0.3, 0.4) is 0 Å². The highest BCUT2D eigenvalue weighted by Crippen LogP contribution is 2.49. The van der Waals surface area contributed by atoms with E-state index >= 15 is 0 Å². The number of H-pyrrole nitrogens is 1. The number of aromatic amines is 1. The Bertz CT molecular complexity index is 773. The number of aryl methyl sites for hydroxylation is 1. The van der Waals surface area contributed by atoms with Crippen molar-refractivity contribution in [1.29, 1.82) is 0 Å². The molecule has 28 heavy (non-hydrogen) atoms. The summed E-state index contributed by atoms with van der Waals surface area (Å²) in [4.78, 5) is 10.1. The molecule has 1 saturated carbocycles. The molecule has 150 valence electrons. The van der Waals surface area contributed by atoms with Gasteiger partial charge in [0, 0.05) is 50.6 Å². The minimum absolute atomic E-state index is 0.331. The first-order valence-corrected chi connectivity index (χ1v) is 11.1. The smallest absolute Gasteiger partial charge is 0.155 e. The minimum Gasteiger partial charge on any atom is -0.302 e. The zero-order chi connectivity index (χ0) is 19.0. The van der Waals surface area contributed by atoms with Crippen molar-refractivity contribution in [3.05, 3.63) is 47.5 Å². The Morgan fingerprint density at radius 1 is 1.04 bits per heavy atom. The van der Waals surface area contributed by atoms with E-state index in [1.165, 1.54) is 63.8 Å². The van der Waals surface area contributed by atoms with Gasteiger partial charge in [0.1, 0.15) is 5.82 Å². The van der Waals surface area contributed by atoms with E-state index in [-0.39, 0.29) is 0 Å². The van der Waals surface area contributed by atoms with E-state index in [1.54, 1.807) is 0 Å². The van der Waals surface area contributed by atoms with Crippen molar-refractivity contribution in [3.63, 3.8) is 0 Å². The van der Waals surface area contributed by atoms with Gasteiger partial charge >= 0.3 is 0 Å². The second kappa shape index (κ2) is 7.60. The minimum atomic E-state index is 0.331. The van der Waals surface area contributed by atoms with Crippen LogP contribution < -0.4 is 0 Å². The van der Waals surface area contributed by atoms with Gasteiger partial charge in [-0.25, -0.2) is 4.98 Å². The molecule has 1 aromatic carbocycles. The maximum Gasteiger partial charge on any atom is 0.155 e. The van der Waals surface area contributed by atoms with Crippen LogP contribution in [-0.2, 0) is 6.54 Å². The Labute approximate surface area is 168 Å². The molecule has 2 aromatic rings. The molecule has 1 spiro atoms. The Morgan fingerprint density at radius 2 is 1.79 bits per heavy atom. The molecule has 3 fully saturated rings. The number of rotatable bonds is 5. The second-order valence-electron chi connectivity index (χ2n) is 9.52. The highest BCUT2D eigenvalue weighted by atomic mass is 15.3. The van der Waals surface area contributed by atoms with Gasteiger partial charge in [0.25, 0.3) is 0 Å². The summed E-state index contributed by atoms with van der Waals surface area (Å²) in [6.07, 6.45) is 7.20. The van der Waals surface area contributed by atoms with Crippen molar-refractivity contribution in [2.75, 3.05) is 32.7 Å². The predicted octanol–water partition coefficient (Wildman–Crippen LogP) is 3.59. The monoisotopic (exact) mass is 379 g/mol. The van der Waals surface area contributed by atoms with Crippen LogP contribution in [0, 0.1) is 18.3 Å². The van der Waals surface area contributed by atoms with E-state index in [0.29, 0.717) is 11.3 Å². The maximum absolute atomic E-state index is 4.74. The average Bonchev–Trinajstić information content (AvgIpc) is 3.27. The molecule has 1 unspecified atom stereocenters. The summed E-state index contributed by atoms with van der Waals surface area (Å²) >= 11 is 0. The Kier molecular flexibility index (Phi) is 4.97. The molecule has 3 heterocycles. The molecule has 2 aliphatic heterocycles. The van der Waals surface area contributed by atoms with Gasteiger partial charge in [0.2, 0.25) is 0 Å². The first-order chi connectivity index (χ1) is 13.7. The lowest BCUT2D eigenvalue weighted by atomic mass is 9.70. The number of hydrogen-bond donors (Lipinski definition) is 1. The van der Waals surface area contributed by atoms with Crippen LogP contribution in [0.5, 0.6) is 0 Å². The van der Waals surface area contributed by atoms with Crippen LogP contribution in [0.2, 0.25) is 0 Å². The van der Waals surface area contributed by atoms with E-state index in [0.717, 1.165) is 30.7 Å². The van der Waals surface area contributed by atoms with Gasteiger partial charge in [-0.3, -0.25) is 10.00 Å². The Morgan fingerprint density at radius 3 is 2.50 bits per heavy atom. The lowest BCUT2D eigenvalue weighted by Crippen LogP contribution is -2.60. The molecular weight excluding hydrogens is 346 g/mol. The summed E-state index contributed by atoms with van der Waals surface area (Å²) in [7, 11) is 0. The third-order valence-electron chi connectivity index (χ3n) is 7.21. The normalized spacial score (nSPS) is 26.0. The van der Waals surface area contributed by atoms with E-state index in [1.807, 2.05) is 6.92 Å². The van der Waals surface area contributed by atoms with E-state index in [4.69, 9.17) is 4.98 Å². The molecule has 1 N–H and O–H groups in total. The molecule has 0 bridgehead atoms. The molecular formula is C23H33N5. The summed E-state index contributed by atoms with van der Waals surface area (Å²) < 4.78 is 0. The molecule has 5 nitrogen and oxygen atoms in total. The van der Waals surface area contributed by atoms with Gasteiger partial charge in [0.15, 0.2) is 5.82 Å². The number of benzene rings is 1. The van der Waals surface area contributed by atoms with Gasteiger partial charge in [-0.1, -0.05) is 49.6 Å². The van der Waals surface area contributed by atoms with E-state index in [2.05, 4.69) is 50.3 Å². The number of nitrogens with one attached hydrogen (secondary N) is 1. The summed E-state index contributed by atoms with van der Waals surface area (Å²) in [6, 6.07) is 10.9. The number of likely N-dealkylation sites (tertiary alicyclic amines) is 2. The quantitative estimate of drug-likeness (QED) is 0.862. The van der Waals surface area contributed by atoms with E-state index in [9.17, 15) is 0 Å². The lowest BCUT2D eigenvalue weighted by Gasteiger charge is -2.52. The molecule has 0 radical (unpaired) electrons. The molecule has 5 rings (SSSR count). The zero-order valence-electron chi connectivity index (χ0n) is 17.1. The fourth-order valence-electron chi connectivity index (χ4n) is 5.93. The molecule has 2 saturated heterocycles. The van der Waals surface area contributed by atoms with Crippen molar-refractivity contribution >= 4 is 0 Å². The highest BCUT2D eigenvalue weighted by molar-refractivity contribution is 5.20. The Hall–Kier alpha value is -1.72. The average molecular weight is 380 g/mol. The predicted molar refractivity (Wildman–Crippen MR) is 111 cm³/mol. The molecule has 1 atom stereocenters.